The number of nitrogens with zero attached hydrogens (tertiary/aromatic N) is 6. The Labute approximate surface area is 212 Å². The molecule has 3 aliphatic rings. The van der Waals surface area contributed by atoms with Crippen molar-refractivity contribution >= 4 is 39.8 Å². The van der Waals surface area contributed by atoms with Crippen LogP contribution in [0.25, 0.3) is 27.8 Å². The topological polar surface area (TPSA) is 87.8 Å². The third-order valence-electron chi connectivity index (χ3n) is 7.71. The summed E-state index contributed by atoms with van der Waals surface area (Å²) in [5.41, 5.74) is 4.48. The highest BCUT2D eigenvalue weighted by molar-refractivity contribution is 6.31. The van der Waals surface area contributed by atoms with E-state index in [0.29, 0.717) is 43.2 Å². The lowest BCUT2D eigenvalue weighted by molar-refractivity contribution is -0.114. The van der Waals surface area contributed by atoms with Crippen molar-refractivity contribution in [1.29, 1.82) is 0 Å². The molecule has 1 N–H and O–H groups in total. The molecule has 0 saturated carbocycles. The lowest BCUT2D eigenvalue weighted by atomic mass is 9.98. The number of rotatable bonds is 2. The predicted octanol–water partition coefficient (Wildman–Crippen LogP) is 3.29. The van der Waals surface area contributed by atoms with E-state index in [0.717, 1.165) is 60.0 Å². The molecule has 0 unspecified atom stereocenters. The van der Waals surface area contributed by atoms with E-state index in [2.05, 4.69) is 19.9 Å². The van der Waals surface area contributed by atoms with Gasteiger partial charge in [0, 0.05) is 68.8 Å². The van der Waals surface area contributed by atoms with Crippen LogP contribution in [-0.2, 0) is 17.9 Å². The van der Waals surface area contributed by atoms with E-state index < -0.39 is 0 Å². The second-order valence-electron chi connectivity index (χ2n) is 9.92. The monoisotopic (exact) mass is 499 g/mol. The minimum absolute atomic E-state index is 0.0277. The van der Waals surface area contributed by atoms with Gasteiger partial charge in [-0.05, 0) is 48.6 Å². The molecule has 0 aliphatic carbocycles. The molecule has 3 aliphatic heterocycles. The van der Waals surface area contributed by atoms with Crippen LogP contribution in [0.2, 0.25) is 0 Å². The van der Waals surface area contributed by atoms with Gasteiger partial charge in [0.1, 0.15) is 5.82 Å². The molecule has 4 aromatic rings. The highest BCUT2D eigenvalue weighted by Crippen LogP contribution is 2.38. The highest BCUT2D eigenvalue weighted by atomic mass is 19.1. The Morgan fingerprint density at radius 2 is 1.89 bits per heavy atom. The number of carbonyl (C=O) groups is 2. The Morgan fingerprint density at radius 1 is 1.03 bits per heavy atom. The number of amides is 3. The molecule has 3 aromatic heterocycles. The number of fused-ring (bicyclic) bond motifs is 1. The van der Waals surface area contributed by atoms with E-state index in [9.17, 15) is 9.59 Å². The van der Waals surface area contributed by atoms with Gasteiger partial charge in [0.15, 0.2) is 0 Å². The third kappa shape index (κ3) is 3.50. The van der Waals surface area contributed by atoms with Crippen molar-refractivity contribution in [2.24, 2.45) is 0 Å². The van der Waals surface area contributed by atoms with Crippen LogP contribution in [0.3, 0.4) is 0 Å². The molecule has 7 rings (SSSR count). The molecule has 1 fully saturated rings. The lowest BCUT2D eigenvalue weighted by Crippen LogP contribution is -2.45. The summed E-state index contributed by atoms with van der Waals surface area (Å²) in [7, 11) is 0. The predicted molar refractivity (Wildman–Crippen MR) is 136 cm³/mol. The van der Waals surface area contributed by atoms with E-state index >= 15 is 4.39 Å². The molecule has 6 heterocycles. The first-order valence-electron chi connectivity index (χ1n) is 12.7. The number of nitrogens with one attached hydrogen (secondary N) is 1. The van der Waals surface area contributed by atoms with Gasteiger partial charge < -0.3 is 19.7 Å². The van der Waals surface area contributed by atoms with Crippen LogP contribution in [0.4, 0.5) is 9.18 Å². The number of imidazole rings is 1. The maximum Gasteiger partial charge on any atom is 0.320 e. The third-order valence-corrected chi connectivity index (χ3v) is 7.71. The van der Waals surface area contributed by atoms with Gasteiger partial charge in [0.2, 0.25) is 5.78 Å². The van der Waals surface area contributed by atoms with Crippen molar-refractivity contribution < 1.29 is 14.0 Å². The average molecular weight is 500 g/mol. The molecule has 0 spiro atoms. The Kier molecular flexibility index (Phi) is 5.02. The molecule has 1 aromatic carbocycles. The normalized spacial score (nSPS) is 18.1. The lowest BCUT2D eigenvalue weighted by Gasteiger charge is -2.32. The van der Waals surface area contributed by atoms with Crippen molar-refractivity contribution in [2.75, 3.05) is 26.2 Å². The molecule has 188 valence electrons. The van der Waals surface area contributed by atoms with Crippen LogP contribution in [0.1, 0.15) is 36.1 Å². The van der Waals surface area contributed by atoms with Gasteiger partial charge in [0.25, 0.3) is 5.91 Å². The second kappa shape index (κ2) is 8.43. The number of piperidine rings is 1. The average Bonchev–Trinajstić information content (AvgIpc) is 3.57. The number of halogens is 1. The molecule has 1 saturated heterocycles. The van der Waals surface area contributed by atoms with Gasteiger partial charge in [-0.15, -0.1) is 0 Å². The number of hydrogen-bond acceptors (Lipinski definition) is 4. The number of likely N-dealkylation sites (tertiary alicyclic amines) is 1. The van der Waals surface area contributed by atoms with E-state index in [-0.39, 0.29) is 17.8 Å². The highest BCUT2D eigenvalue weighted by Gasteiger charge is 2.32. The van der Waals surface area contributed by atoms with Crippen LogP contribution in [0.5, 0.6) is 0 Å². The standard InChI is InChI=1S/C27H26FN7O2/c28-18-11-17-15-34(27(37)32-6-2-1-3-7-32)10-9-33-16-21(19(12-18)24(17)33)20-13-30-25(36)23(20)22-14-31-26-29-5-4-8-35(22)26/h4-5,8,11-12,14,16H,1-3,6-7,9-10,13,15H2,(H,30,36). The summed E-state index contributed by atoms with van der Waals surface area (Å²) in [5.74, 6) is -0.0385. The summed E-state index contributed by atoms with van der Waals surface area (Å²) in [6, 6.07) is 4.89. The first-order chi connectivity index (χ1) is 18.1. The summed E-state index contributed by atoms with van der Waals surface area (Å²) in [5, 5.41) is 3.69. The van der Waals surface area contributed by atoms with Gasteiger partial charge in [-0.1, -0.05) is 0 Å². The Bertz CT molecular complexity index is 1610. The summed E-state index contributed by atoms with van der Waals surface area (Å²) >= 11 is 0. The minimum atomic E-state index is -0.354. The number of aromatic nitrogens is 4. The van der Waals surface area contributed by atoms with E-state index in [1.54, 1.807) is 22.9 Å². The maximum atomic E-state index is 15.0. The second-order valence-corrected chi connectivity index (χ2v) is 9.92. The zero-order valence-electron chi connectivity index (χ0n) is 20.3. The molecular weight excluding hydrogens is 473 g/mol. The first-order valence-corrected chi connectivity index (χ1v) is 12.7. The Hall–Kier alpha value is -4.21. The fraction of sp³-hybridized carbons (Fsp3) is 0.333. The van der Waals surface area contributed by atoms with Gasteiger partial charge in [-0.2, -0.15) is 0 Å². The van der Waals surface area contributed by atoms with Crippen LogP contribution in [-0.4, -0.2) is 66.9 Å². The quantitative estimate of drug-likeness (QED) is 0.459. The van der Waals surface area contributed by atoms with Gasteiger partial charge in [0.05, 0.1) is 23.0 Å². The van der Waals surface area contributed by atoms with Crippen LogP contribution in [0, 0.1) is 5.82 Å². The fourth-order valence-corrected chi connectivity index (χ4v) is 5.99. The molecule has 37 heavy (non-hydrogen) atoms. The van der Waals surface area contributed by atoms with Crippen molar-refractivity contribution in [1.82, 2.24) is 34.1 Å². The van der Waals surface area contributed by atoms with Crippen LogP contribution in [0.15, 0.2) is 43.0 Å². The van der Waals surface area contributed by atoms with Crippen molar-refractivity contribution in [3.05, 3.63) is 65.6 Å². The molecule has 9 nitrogen and oxygen atoms in total. The summed E-state index contributed by atoms with van der Waals surface area (Å²) in [6.07, 6.45) is 10.4. The summed E-state index contributed by atoms with van der Waals surface area (Å²) in [6.45, 7) is 3.39. The van der Waals surface area contributed by atoms with Crippen molar-refractivity contribution in [3.8, 4) is 0 Å². The van der Waals surface area contributed by atoms with Crippen molar-refractivity contribution in [3.63, 3.8) is 0 Å². The van der Waals surface area contributed by atoms with E-state index in [1.165, 1.54) is 12.1 Å². The number of hydrogen-bond donors (Lipinski definition) is 1. The van der Waals surface area contributed by atoms with Crippen LogP contribution >= 0.6 is 0 Å². The van der Waals surface area contributed by atoms with Gasteiger partial charge in [-0.25, -0.2) is 19.2 Å². The molecule has 0 bridgehead atoms. The van der Waals surface area contributed by atoms with Crippen molar-refractivity contribution in [2.45, 2.75) is 32.4 Å². The summed E-state index contributed by atoms with van der Waals surface area (Å²) < 4.78 is 18.9. The molecule has 10 heteroatoms. The summed E-state index contributed by atoms with van der Waals surface area (Å²) in [4.78, 5) is 38.7. The van der Waals surface area contributed by atoms with Gasteiger partial charge in [-0.3, -0.25) is 9.20 Å². The maximum absolute atomic E-state index is 15.0. The number of benzene rings is 1. The molecule has 0 atom stereocenters. The number of urea groups is 1. The SMILES string of the molecule is O=C1NCC(c2cn3c4c(cc(F)cc24)CN(C(=O)N2CCCCC2)CC3)=C1c1cnc2ncccn12. The molecular formula is C27H26FN7O2. The Morgan fingerprint density at radius 3 is 2.76 bits per heavy atom. The zero-order chi connectivity index (χ0) is 25.1. The first kappa shape index (κ1) is 22.0. The minimum Gasteiger partial charge on any atom is -0.348 e. The largest absolute Gasteiger partial charge is 0.348 e. The van der Waals surface area contributed by atoms with E-state index in [4.69, 9.17) is 0 Å². The fourth-order valence-electron chi connectivity index (χ4n) is 5.99. The Balaban J connectivity index is 1.34. The van der Waals surface area contributed by atoms with E-state index in [1.807, 2.05) is 22.2 Å². The molecule has 3 amide bonds. The van der Waals surface area contributed by atoms with Gasteiger partial charge >= 0.3 is 6.03 Å². The smallest absolute Gasteiger partial charge is 0.320 e. The van der Waals surface area contributed by atoms with Crippen LogP contribution < -0.4 is 5.32 Å². The zero-order valence-corrected chi connectivity index (χ0v) is 20.3. The number of carbonyl (C=O) groups excluding carboxylic acids is 2. The molecule has 0 radical (unpaired) electrons.